The number of ether oxygens (including phenoxy) is 1. The molecule has 0 unspecified atom stereocenters. The first-order valence-electron chi connectivity index (χ1n) is 7.52. The number of nitrogens with zero attached hydrogens (tertiary/aromatic N) is 1. The molecule has 26 heavy (non-hydrogen) atoms. The highest BCUT2D eigenvalue weighted by molar-refractivity contribution is 7.12. The van der Waals surface area contributed by atoms with Gasteiger partial charge in [0.1, 0.15) is 5.82 Å². The highest BCUT2D eigenvalue weighted by atomic mass is 35.5. The number of halogens is 1. The summed E-state index contributed by atoms with van der Waals surface area (Å²) in [5.74, 6) is -0.122. The third-order valence-electron chi connectivity index (χ3n) is 3.42. The van der Waals surface area contributed by atoms with Gasteiger partial charge in [-0.2, -0.15) is 0 Å². The van der Waals surface area contributed by atoms with Crippen molar-refractivity contribution in [3.63, 3.8) is 0 Å². The van der Waals surface area contributed by atoms with Crippen molar-refractivity contribution in [3.05, 3.63) is 69.5 Å². The highest BCUT2D eigenvalue weighted by Crippen LogP contribution is 2.26. The Balaban J connectivity index is 1.71. The normalized spacial score (nSPS) is 10.2. The molecule has 0 radical (unpaired) electrons. The second-order valence-electron chi connectivity index (χ2n) is 5.17. The molecule has 0 aliphatic carbocycles. The van der Waals surface area contributed by atoms with E-state index in [9.17, 15) is 9.59 Å². The lowest BCUT2D eigenvalue weighted by molar-refractivity contribution is 0.0600. The minimum absolute atomic E-state index is 0.184. The number of carbonyl (C=O) groups is 2. The minimum atomic E-state index is -0.454. The number of amides is 1. The van der Waals surface area contributed by atoms with E-state index in [2.05, 4.69) is 15.6 Å². The van der Waals surface area contributed by atoms with Crippen LogP contribution in [0.3, 0.4) is 0 Å². The Morgan fingerprint density at radius 1 is 1.19 bits per heavy atom. The molecule has 3 rings (SSSR count). The predicted molar refractivity (Wildman–Crippen MR) is 103 cm³/mol. The summed E-state index contributed by atoms with van der Waals surface area (Å²) in [5.41, 5.74) is 1.47. The van der Waals surface area contributed by atoms with Crippen LogP contribution in [-0.4, -0.2) is 24.0 Å². The summed E-state index contributed by atoms with van der Waals surface area (Å²) in [6, 6.07) is 11.8. The zero-order valence-corrected chi connectivity index (χ0v) is 15.2. The maximum Gasteiger partial charge on any atom is 0.337 e. The fraction of sp³-hybridized carbons (Fsp3) is 0.0556. The van der Waals surface area contributed by atoms with Crippen molar-refractivity contribution < 1.29 is 14.3 Å². The number of hydrogen-bond acceptors (Lipinski definition) is 6. The predicted octanol–water partition coefficient (Wildman–Crippen LogP) is 4.58. The maximum atomic E-state index is 12.0. The minimum Gasteiger partial charge on any atom is -0.465 e. The average molecular weight is 388 g/mol. The number of pyridine rings is 1. The number of thiophene rings is 1. The van der Waals surface area contributed by atoms with Crippen molar-refractivity contribution in [3.8, 4) is 0 Å². The summed E-state index contributed by atoms with van der Waals surface area (Å²) >= 11 is 7.52. The Morgan fingerprint density at radius 2 is 2.04 bits per heavy atom. The topological polar surface area (TPSA) is 80.3 Å². The quantitative estimate of drug-likeness (QED) is 0.626. The second-order valence-corrected chi connectivity index (χ2v) is 6.53. The number of benzene rings is 1. The van der Waals surface area contributed by atoms with Gasteiger partial charge in [0.05, 0.1) is 40.1 Å². The Morgan fingerprint density at radius 3 is 2.69 bits per heavy atom. The molecule has 1 aromatic carbocycles. The molecule has 0 aliphatic rings. The van der Waals surface area contributed by atoms with E-state index < -0.39 is 5.97 Å². The van der Waals surface area contributed by atoms with E-state index in [0.717, 1.165) is 0 Å². The Kier molecular flexibility index (Phi) is 5.50. The number of nitrogens with one attached hydrogen (secondary N) is 2. The van der Waals surface area contributed by atoms with Crippen LogP contribution in [0.5, 0.6) is 0 Å². The molecule has 3 aromatic rings. The molecule has 0 atom stereocenters. The van der Waals surface area contributed by atoms with Gasteiger partial charge >= 0.3 is 5.97 Å². The zero-order valence-electron chi connectivity index (χ0n) is 13.7. The molecular formula is C18H14ClN3O3S. The molecule has 6 nitrogen and oxygen atoms in total. The van der Waals surface area contributed by atoms with Crippen LogP contribution in [0.15, 0.2) is 54.0 Å². The molecule has 132 valence electrons. The van der Waals surface area contributed by atoms with Crippen molar-refractivity contribution in [2.24, 2.45) is 0 Å². The maximum absolute atomic E-state index is 12.0. The molecule has 2 N–H and O–H groups in total. The average Bonchev–Trinajstić information content (AvgIpc) is 3.19. The third-order valence-corrected chi connectivity index (χ3v) is 4.61. The largest absolute Gasteiger partial charge is 0.465 e. The number of rotatable bonds is 5. The second kappa shape index (κ2) is 7.99. The van der Waals surface area contributed by atoms with Crippen LogP contribution in [0.25, 0.3) is 0 Å². The van der Waals surface area contributed by atoms with Crippen molar-refractivity contribution in [2.45, 2.75) is 0 Å². The first-order chi connectivity index (χ1) is 12.6. The highest BCUT2D eigenvalue weighted by Gasteiger charge is 2.10. The fourth-order valence-electron chi connectivity index (χ4n) is 2.15. The Hall–Kier alpha value is -2.90. The van der Waals surface area contributed by atoms with Crippen LogP contribution in [0, 0.1) is 0 Å². The van der Waals surface area contributed by atoms with Crippen LogP contribution in [0.1, 0.15) is 20.0 Å². The van der Waals surface area contributed by atoms with Gasteiger partial charge in [0.25, 0.3) is 5.91 Å². The van der Waals surface area contributed by atoms with Crippen LogP contribution >= 0.6 is 22.9 Å². The molecular weight excluding hydrogens is 374 g/mol. The van der Waals surface area contributed by atoms with Gasteiger partial charge < -0.3 is 15.4 Å². The summed E-state index contributed by atoms with van der Waals surface area (Å²) in [6.45, 7) is 0. The summed E-state index contributed by atoms with van der Waals surface area (Å²) in [7, 11) is 1.31. The van der Waals surface area contributed by atoms with Crippen molar-refractivity contribution in [1.29, 1.82) is 0 Å². The molecule has 0 fully saturated rings. The van der Waals surface area contributed by atoms with Crippen LogP contribution in [0.4, 0.5) is 17.2 Å². The molecule has 8 heteroatoms. The van der Waals surface area contributed by atoms with E-state index in [4.69, 9.17) is 16.3 Å². The molecule has 0 saturated heterocycles. The lowest BCUT2D eigenvalue weighted by Crippen LogP contribution is -2.10. The van der Waals surface area contributed by atoms with E-state index in [-0.39, 0.29) is 5.91 Å². The van der Waals surface area contributed by atoms with E-state index in [0.29, 0.717) is 32.7 Å². The van der Waals surface area contributed by atoms with Gasteiger partial charge in [-0.15, -0.1) is 11.3 Å². The number of hydrogen-bond donors (Lipinski definition) is 2. The molecule has 0 spiro atoms. The van der Waals surface area contributed by atoms with E-state index in [1.165, 1.54) is 24.6 Å². The lowest BCUT2D eigenvalue weighted by Gasteiger charge is -2.10. The number of anilines is 3. The number of esters is 1. The molecule has 2 aromatic heterocycles. The van der Waals surface area contributed by atoms with Gasteiger partial charge in [0.15, 0.2) is 0 Å². The van der Waals surface area contributed by atoms with Gasteiger partial charge in [-0.25, -0.2) is 9.78 Å². The smallest absolute Gasteiger partial charge is 0.337 e. The van der Waals surface area contributed by atoms with Gasteiger partial charge in [-0.05, 0) is 41.8 Å². The Labute approximate surface area is 158 Å². The molecule has 0 aliphatic heterocycles. The van der Waals surface area contributed by atoms with Gasteiger partial charge in [0.2, 0.25) is 0 Å². The van der Waals surface area contributed by atoms with Gasteiger partial charge in [-0.1, -0.05) is 17.7 Å². The standard InChI is InChI=1S/C18H14ClN3O3S/c1-25-18(24)11-4-6-13(19)14(9-11)22-16-7-5-12(10-20-16)21-17(23)15-3-2-8-26-15/h2-10H,1H3,(H,20,22)(H,21,23). The van der Waals surface area contributed by atoms with Crippen molar-refractivity contribution >= 4 is 52.0 Å². The van der Waals surface area contributed by atoms with Crippen LogP contribution < -0.4 is 10.6 Å². The van der Waals surface area contributed by atoms with Crippen molar-refractivity contribution in [2.75, 3.05) is 17.7 Å². The van der Waals surface area contributed by atoms with Crippen molar-refractivity contribution in [1.82, 2.24) is 4.98 Å². The number of aromatic nitrogens is 1. The Bertz CT molecular complexity index is 927. The molecule has 0 bridgehead atoms. The van der Waals surface area contributed by atoms with E-state index in [1.807, 2.05) is 11.4 Å². The first-order valence-corrected chi connectivity index (χ1v) is 8.78. The third kappa shape index (κ3) is 4.19. The molecule has 0 saturated carbocycles. The summed E-state index contributed by atoms with van der Waals surface area (Å²) < 4.78 is 4.70. The number of carbonyl (C=O) groups excluding carboxylic acids is 2. The number of methoxy groups -OCH3 is 1. The molecule has 2 heterocycles. The first kappa shape index (κ1) is 17.9. The summed E-state index contributed by atoms with van der Waals surface area (Å²) in [5, 5.41) is 8.09. The molecule has 1 amide bonds. The zero-order chi connectivity index (χ0) is 18.5. The van der Waals surface area contributed by atoms with E-state index in [1.54, 1.807) is 36.4 Å². The van der Waals surface area contributed by atoms with Gasteiger partial charge in [0, 0.05) is 0 Å². The van der Waals surface area contributed by atoms with Crippen LogP contribution in [0.2, 0.25) is 5.02 Å². The summed E-state index contributed by atoms with van der Waals surface area (Å²) in [6.07, 6.45) is 1.53. The van der Waals surface area contributed by atoms with Gasteiger partial charge in [-0.3, -0.25) is 4.79 Å². The fourth-order valence-corrected chi connectivity index (χ4v) is 2.93. The monoisotopic (exact) mass is 387 g/mol. The van der Waals surface area contributed by atoms with E-state index >= 15 is 0 Å². The summed E-state index contributed by atoms with van der Waals surface area (Å²) in [4.78, 5) is 28.5. The van der Waals surface area contributed by atoms with Crippen LogP contribution in [-0.2, 0) is 4.74 Å². The SMILES string of the molecule is COC(=O)c1ccc(Cl)c(Nc2ccc(NC(=O)c3cccs3)cn2)c1. The lowest BCUT2D eigenvalue weighted by atomic mass is 10.2.